The lowest BCUT2D eigenvalue weighted by molar-refractivity contribution is -0.122. The van der Waals surface area contributed by atoms with Crippen molar-refractivity contribution < 1.29 is 18.4 Å². The fourth-order valence-electron chi connectivity index (χ4n) is 2.96. The van der Waals surface area contributed by atoms with Gasteiger partial charge in [0.15, 0.2) is 10.9 Å². The van der Waals surface area contributed by atoms with Crippen LogP contribution in [0.25, 0.3) is 11.5 Å². The van der Waals surface area contributed by atoms with Crippen LogP contribution in [0.5, 0.6) is 0 Å². The number of carbonyl (C=O) groups excluding carboxylic acids is 2. The van der Waals surface area contributed by atoms with Gasteiger partial charge in [-0.25, -0.2) is 9.37 Å². The number of carbonyl (C=O) groups is 2. The molecule has 138 valence electrons. The molecule has 2 aromatic heterocycles. The van der Waals surface area contributed by atoms with Crippen LogP contribution >= 0.6 is 11.3 Å². The molecule has 1 aromatic carbocycles. The maximum Gasteiger partial charge on any atom is 0.231 e. The van der Waals surface area contributed by atoms with Crippen LogP contribution in [0.15, 0.2) is 46.4 Å². The fourth-order valence-corrected chi connectivity index (χ4v) is 3.66. The Bertz CT molecular complexity index is 1000. The van der Waals surface area contributed by atoms with E-state index in [0.717, 1.165) is 0 Å². The molecule has 1 fully saturated rings. The lowest BCUT2D eigenvalue weighted by atomic mass is 10.1. The standard InChI is InChI=1S/C19H16FN3O3S/c1-11-4-5-13(8-14(11)20)23-9-12(7-17(23)24)18(25)22-19-21-15(10-27-19)16-3-2-6-26-16/h2-6,8,10,12H,7,9H2,1H3,(H,21,22,25). The highest BCUT2D eigenvalue weighted by atomic mass is 32.1. The number of benzene rings is 1. The number of hydrogen-bond donors (Lipinski definition) is 1. The van der Waals surface area contributed by atoms with E-state index >= 15 is 0 Å². The van der Waals surface area contributed by atoms with Crippen LogP contribution < -0.4 is 10.2 Å². The first-order valence-electron chi connectivity index (χ1n) is 8.38. The third-order valence-electron chi connectivity index (χ3n) is 4.47. The van der Waals surface area contributed by atoms with Crippen molar-refractivity contribution in [3.63, 3.8) is 0 Å². The number of nitrogens with one attached hydrogen (secondary N) is 1. The molecule has 27 heavy (non-hydrogen) atoms. The van der Waals surface area contributed by atoms with Gasteiger partial charge in [0, 0.05) is 24.0 Å². The van der Waals surface area contributed by atoms with Gasteiger partial charge in [-0.1, -0.05) is 6.07 Å². The van der Waals surface area contributed by atoms with Crippen LogP contribution in [-0.2, 0) is 9.59 Å². The molecule has 1 unspecified atom stereocenters. The monoisotopic (exact) mass is 385 g/mol. The average molecular weight is 385 g/mol. The summed E-state index contributed by atoms with van der Waals surface area (Å²) in [5.74, 6) is -0.748. The molecular formula is C19H16FN3O3S. The molecule has 0 aliphatic carbocycles. The highest BCUT2D eigenvalue weighted by Gasteiger charge is 2.35. The third kappa shape index (κ3) is 3.48. The van der Waals surface area contributed by atoms with E-state index < -0.39 is 5.92 Å². The Morgan fingerprint density at radius 3 is 3.00 bits per heavy atom. The molecule has 3 heterocycles. The van der Waals surface area contributed by atoms with Gasteiger partial charge in [0.1, 0.15) is 11.5 Å². The van der Waals surface area contributed by atoms with E-state index in [1.807, 2.05) is 0 Å². The van der Waals surface area contributed by atoms with Gasteiger partial charge in [0.25, 0.3) is 0 Å². The maximum absolute atomic E-state index is 13.8. The molecule has 1 N–H and O–H groups in total. The fraction of sp³-hybridized carbons (Fsp3) is 0.211. The predicted molar refractivity (Wildman–Crippen MR) is 100 cm³/mol. The number of rotatable bonds is 4. The Labute approximate surface area is 158 Å². The minimum absolute atomic E-state index is 0.0811. The molecule has 1 aliphatic heterocycles. The normalized spacial score (nSPS) is 16.7. The van der Waals surface area contributed by atoms with Crippen LogP contribution in [-0.4, -0.2) is 23.3 Å². The van der Waals surface area contributed by atoms with Crippen molar-refractivity contribution in [2.24, 2.45) is 5.92 Å². The number of amides is 2. The number of furan rings is 1. The van der Waals surface area contributed by atoms with Crippen molar-refractivity contribution in [2.75, 3.05) is 16.8 Å². The van der Waals surface area contributed by atoms with Gasteiger partial charge in [-0.3, -0.25) is 9.59 Å². The number of aryl methyl sites for hydroxylation is 1. The van der Waals surface area contributed by atoms with Gasteiger partial charge in [0.2, 0.25) is 11.8 Å². The number of anilines is 2. The SMILES string of the molecule is Cc1ccc(N2CC(C(=O)Nc3nc(-c4ccco4)cs3)CC2=O)cc1F. The lowest BCUT2D eigenvalue weighted by Crippen LogP contribution is -2.28. The van der Waals surface area contributed by atoms with Crippen molar-refractivity contribution in [3.8, 4) is 11.5 Å². The van der Waals surface area contributed by atoms with Gasteiger partial charge in [0.05, 0.1) is 12.2 Å². The molecule has 4 rings (SSSR count). The highest BCUT2D eigenvalue weighted by molar-refractivity contribution is 7.14. The van der Waals surface area contributed by atoms with Crippen LogP contribution in [0, 0.1) is 18.7 Å². The number of halogens is 1. The quantitative estimate of drug-likeness (QED) is 0.740. The van der Waals surface area contributed by atoms with E-state index in [9.17, 15) is 14.0 Å². The van der Waals surface area contributed by atoms with Crippen molar-refractivity contribution in [1.29, 1.82) is 0 Å². The number of hydrogen-bond acceptors (Lipinski definition) is 5. The largest absolute Gasteiger partial charge is 0.463 e. The summed E-state index contributed by atoms with van der Waals surface area (Å²) in [5, 5.41) is 4.98. The van der Waals surface area contributed by atoms with E-state index in [2.05, 4.69) is 10.3 Å². The molecule has 1 aliphatic rings. The van der Waals surface area contributed by atoms with Gasteiger partial charge < -0.3 is 14.6 Å². The molecule has 3 aromatic rings. The molecule has 1 atom stereocenters. The summed E-state index contributed by atoms with van der Waals surface area (Å²) in [5.41, 5.74) is 1.61. The summed E-state index contributed by atoms with van der Waals surface area (Å²) in [6.45, 7) is 1.87. The Hall–Kier alpha value is -3.00. The van der Waals surface area contributed by atoms with Crippen molar-refractivity contribution in [2.45, 2.75) is 13.3 Å². The van der Waals surface area contributed by atoms with E-state index in [4.69, 9.17) is 4.42 Å². The van der Waals surface area contributed by atoms with Crippen LogP contribution in [0.3, 0.4) is 0 Å². The van der Waals surface area contributed by atoms with E-state index in [1.54, 1.807) is 42.8 Å². The topological polar surface area (TPSA) is 75.4 Å². The zero-order valence-electron chi connectivity index (χ0n) is 14.4. The van der Waals surface area contributed by atoms with Crippen LogP contribution in [0.1, 0.15) is 12.0 Å². The molecule has 0 radical (unpaired) electrons. The second-order valence-corrected chi connectivity index (χ2v) is 7.20. The first-order valence-corrected chi connectivity index (χ1v) is 9.26. The second-order valence-electron chi connectivity index (χ2n) is 6.34. The Morgan fingerprint density at radius 2 is 2.26 bits per heavy atom. The molecule has 8 heteroatoms. The van der Waals surface area contributed by atoms with Gasteiger partial charge in [-0.2, -0.15) is 0 Å². The molecule has 0 spiro atoms. The molecule has 2 amide bonds. The zero-order valence-corrected chi connectivity index (χ0v) is 15.3. The van der Waals surface area contributed by atoms with Crippen molar-refractivity contribution in [3.05, 3.63) is 53.4 Å². The molecule has 6 nitrogen and oxygen atoms in total. The average Bonchev–Trinajstić information content (AvgIpc) is 3.37. The van der Waals surface area contributed by atoms with Crippen LogP contribution in [0.4, 0.5) is 15.2 Å². The smallest absolute Gasteiger partial charge is 0.231 e. The van der Waals surface area contributed by atoms with E-state index in [1.165, 1.54) is 22.3 Å². The van der Waals surface area contributed by atoms with Gasteiger partial charge in [-0.15, -0.1) is 11.3 Å². The number of nitrogens with zero attached hydrogens (tertiary/aromatic N) is 2. The Balaban J connectivity index is 1.44. The summed E-state index contributed by atoms with van der Waals surface area (Å²) in [4.78, 5) is 30.6. The van der Waals surface area contributed by atoms with Crippen LogP contribution in [0.2, 0.25) is 0 Å². The molecular weight excluding hydrogens is 369 g/mol. The number of aromatic nitrogens is 1. The lowest BCUT2D eigenvalue weighted by Gasteiger charge is -2.17. The second kappa shape index (κ2) is 6.96. The summed E-state index contributed by atoms with van der Waals surface area (Å²) in [7, 11) is 0. The van der Waals surface area contributed by atoms with Crippen molar-refractivity contribution >= 4 is 34.0 Å². The molecule has 0 bridgehead atoms. The summed E-state index contributed by atoms with van der Waals surface area (Å²) < 4.78 is 19.1. The molecule has 0 saturated carbocycles. The van der Waals surface area contributed by atoms with Gasteiger partial charge in [-0.05, 0) is 36.8 Å². The summed E-state index contributed by atoms with van der Waals surface area (Å²) in [6, 6.07) is 8.18. The molecule has 1 saturated heterocycles. The minimum atomic E-state index is -0.516. The minimum Gasteiger partial charge on any atom is -0.463 e. The van der Waals surface area contributed by atoms with Crippen molar-refractivity contribution in [1.82, 2.24) is 4.98 Å². The number of thiazole rings is 1. The first-order chi connectivity index (χ1) is 13.0. The van der Waals surface area contributed by atoms with Gasteiger partial charge >= 0.3 is 0 Å². The Kier molecular flexibility index (Phi) is 4.49. The summed E-state index contributed by atoms with van der Waals surface area (Å²) in [6.07, 6.45) is 1.64. The Morgan fingerprint density at radius 1 is 1.41 bits per heavy atom. The maximum atomic E-state index is 13.8. The third-order valence-corrected chi connectivity index (χ3v) is 5.23. The predicted octanol–water partition coefficient (Wildman–Crippen LogP) is 3.84. The zero-order chi connectivity index (χ0) is 19.0. The van der Waals surface area contributed by atoms with E-state index in [-0.39, 0.29) is 30.6 Å². The van der Waals surface area contributed by atoms with E-state index in [0.29, 0.717) is 27.8 Å². The highest BCUT2D eigenvalue weighted by Crippen LogP contribution is 2.29. The summed E-state index contributed by atoms with van der Waals surface area (Å²) >= 11 is 1.29. The first kappa shape index (κ1) is 17.4.